The highest BCUT2D eigenvalue weighted by Gasteiger charge is 2.10. The monoisotopic (exact) mass is 412 g/mol. The first kappa shape index (κ1) is 23.8. The number of unbranched alkanes of at least 4 members (excludes halogenated alkanes) is 3. The van der Waals surface area contributed by atoms with Gasteiger partial charge in [0.15, 0.2) is 0 Å². The SMILES string of the molecule is O=C(/C=C/C(=O)OCCCN1CCOCC1)OCCCCCCN1CCOCC1. The molecule has 8 heteroatoms. The van der Waals surface area contributed by atoms with Crippen LogP contribution in [0.15, 0.2) is 12.2 Å². The Morgan fingerprint density at radius 3 is 1.66 bits per heavy atom. The molecule has 0 aromatic rings. The lowest BCUT2D eigenvalue weighted by Crippen LogP contribution is -2.37. The fraction of sp³-hybridized carbons (Fsp3) is 0.810. The minimum absolute atomic E-state index is 0.347. The van der Waals surface area contributed by atoms with Crippen LogP contribution in [0.25, 0.3) is 0 Å². The van der Waals surface area contributed by atoms with Crippen LogP contribution in [0.2, 0.25) is 0 Å². The smallest absolute Gasteiger partial charge is 0.331 e. The zero-order valence-electron chi connectivity index (χ0n) is 17.5. The molecule has 0 amide bonds. The molecule has 0 aromatic carbocycles. The summed E-state index contributed by atoms with van der Waals surface area (Å²) in [6.07, 6.45) is 7.21. The normalized spacial score (nSPS) is 18.8. The van der Waals surface area contributed by atoms with Crippen LogP contribution in [0.5, 0.6) is 0 Å². The maximum absolute atomic E-state index is 11.6. The highest BCUT2D eigenvalue weighted by Crippen LogP contribution is 2.04. The lowest BCUT2D eigenvalue weighted by atomic mass is 10.2. The largest absolute Gasteiger partial charge is 0.463 e. The van der Waals surface area contributed by atoms with Crippen molar-refractivity contribution in [2.24, 2.45) is 0 Å². The van der Waals surface area contributed by atoms with Gasteiger partial charge in [0.2, 0.25) is 0 Å². The van der Waals surface area contributed by atoms with Gasteiger partial charge >= 0.3 is 11.9 Å². The molecular formula is C21H36N2O6. The van der Waals surface area contributed by atoms with E-state index in [4.69, 9.17) is 18.9 Å². The van der Waals surface area contributed by atoms with Crippen molar-refractivity contribution in [3.05, 3.63) is 12.2 Å². The second kappa shape index (κ2) is 15.4. The van der Waals surface area contributed by atoms with Crippen molar-refractivity contribution in [3.8, 4) is 0 Å². The van der Waals surface area contributed by atoms with Crippen molar-refractivity contribution in [1.82, 2.24) is 9.80 Å². The molecule has 0 aliphatic carbocycles. The topological polar surface area (TPSA) is 77.5 Å². The average Bonchev–Trinajstić information content (AvgIpc) is 2.76. The van der Waals surface area contributed by atoms with Gasteiger partial charge in [0.1, 0.15) is 0 Å². The molecule has 0 radical (unpaired) electrons. The molecule has 2 aliphatic rings. The standard InChI is InChI=1S/C21H36N2O6/c24-20(28-14-4-2-1-3-8-22-10-16-26-17-11-22)6-7-21(25)29-15-5-9-23-12-18-27-19-13-23/h6-7H,1-5,8-19H2/b7-6+. The van der Waals surface area contributed by atoms with E-state index in [0.29, 0.717) is 13.2 Å². The maximum Gasteiger partial charge on any atom is 0.331 e. The summed E-state index contributed by atoms with van der Waals surface area (Å²) in [6.45, 7) is 9.83. The van der Waals surface area contributed by atoms with E-state index in [1.807, 2.05) is 0 Å². The lowest BCUT2D eigenvalue weighted by molar-refractivity contribution is -0.140. The van der Waals surface area contributed by atoms with Gasteiger partial charge < -0.3 is 18.9 Å². The van der Waals surface area contributed by atoms with E-state index >= 15 is 0 Å². The van der Waals surface area contributed by atoms with Crippen LogP contribution in [-0.4, -0.2) is 101 Å². The second-order valence-electron chi connectivity index (χ2n) is 7.34. The number of hydrogen-bond donors (Lipinski definition) is 0. The Bertz CT molecular complexity index is 488. The highest BCUT2D eigenvalue weighted by molar-refractivity contribution is 5.91. The van der Waals surface area contributed by atoms with E-state index in [1.165, 1.54) is 0 Å². The van der Waals surface area contributed by atoms with Crippen molar-refractivity contribution < 1.29 is 28.5 Å². The molecule has 0 aromatic heterocycles. The molecule has 0 unspecified atom stereocenters. The van der Waals surface area contributed by atoms with Gasteiger partial charge in [0.05, 0.1) is 39.6 Å². The second-order valence-corrected chi connectivity index (χ2v) is 7.34. The van der Waals surface area contributed by atoms with Gasteiger partial charge in [-0.2, -0.15) is 0 Å². The summed E-state index contributed by atoms with van der Waals surface area (Å²) in [5.41, 5.74) is 0. The predicted octanol–water partition coefficient (Wildman–Crippen LogP) is 1.24. The molecule has 0 N–H and O–H groups in total. The summed E-state index contributed by atoms with van der Waals surface area (Å²) >= 11 is 0. The molecule has 2 fully saturated rings. The third-order valence-corrected chi connectivity index (χ3v) is 5.04. The molecule has 166 valence electrons. The summed E-state index contributed by atoms with van der Waals surface area (Å²) < 4.78 is 20.8. The van der Waals surface area contributed by atoms with Gasteiger partial charge in [-0.25, -0.2) is 9.59 Å². The van der Waals surface area contributed by atoms with Gasteiger partial charge in [-0.3, -0.25) is 9.80 Å². The molecule has 2 rings (SSSR count). The van der Waals surface area contributed by atoms with E-state index in [0.717, 1.165) is 110 Å². The third-order valence-electron chi connectivity index (χ3n) is 5.04. The van der Waals surface area contributed by atoms with Crippen LogP contribution in [0.4, 0.5) is 0 Å². The fourth-order valence-electron chi connectivity index (χ4n) is 3.31. The summed E-state index contributed by atoms with van der Waals surface area (Å²) in [4.78, 5) is 28.0. The number of esters is 2. The highest BCUT2D eigenvalue weighted by atomic mass is 16.5. The Morgan fingerprint density at radius 2 is 1.10 bits per heavy atom. The molecule has 2 heterocycles. The zero-order chi connectivity index (χ0) is 20.6. The number of nitrogens with zero attached hydrogens (tertiary/aromatic N) is 2. The van der Waals surface area contributed by atoms with E-state index in [-0.39, 0.29) is 0 Å². The van der Waals surface area contributed by atoms with E-state index in [9.17, 15) is 9.59 Å². The summed E-state index contributed by atoms with van der Waals surface area (Å²) in [6, 6.07) is 0. The number of ether oxygens (including phenoxy) is 4. The molecule has 2 saturated heterocycles. The number of carbonyl (C=O) groups is 2. The summed E-state index contributed by atoms with van der Waals surface area (Å²) in [7, 11) is 0. The Hall–Kier alpha value is -1.48. The van der Waals surface area contributed by atoms with Crippen LogP contribution in [0, 0.1) is 0 Å². The number of morpholine rings is 2. The van der Waals surface area contributed by atoms with Gasteiger partial charge in [0.25, 0.3) is 0 Å². The molecule has 0 saturated carbocycles. The first-order valence-electron chi connectivity index (χ1n) is 10.9. The molecule has 0 bridgehead atoms. The van der Waals surface area contributed by atoms with E-state index in [1.54, 1.807) is 0 Å². The van der Waals surface area contributed by atoms with Crippen molar-refractivity contribution >= 4 is 11.9 Å². The van der Waals surface area contributed by atoms with Crippen molar-refractivity contribution in [1.29, 1.82) is 0 Å². The molecule has 2 aliphatic heterocycles. The van der Waals surface area contributed by atoms with Crippen LogP contribution < -0.4 is 0 Å². The average molecular weight is 413 g/mol. The molecule has 0 atom stereocenters. The quantitative estimate of drug-likeness (QED) is 0.254. The maximum atomic E-state index is 11.6. The van der Waals surface area contributed by atoms with Crippen molar-refractivity contribution in [3.63, 3.8) is 0 Å². The zero-order valence-corrected chi connectivity index (χ0v) is 17.5. The van der Waals surface area contributed by atoms with Crippen LogP contribution in [0.3, 0.4) is 0 Å². The minimum atomic E-state index is -0.507. The fourth-order valence-corrected chi connectivity index (χ4v) is 3.31. The van der Waals surface area contributed by atoms with Crippen molar-refractivity contribution in [2.75, 3.05) is 78.9 Å². The van der Waals surface area contributed by atoms with Crippen LogP contribution in [-0.2, 0) is 28.5 Å². The molecule has 0 spiro atoms. The summed E-state index contributed by atoms with van der Waals surface area (Å²) in [5, 5.41) is 0. The van der Waals surface area contributed by atoms with Gasteiger partial charge in [-0.1, -0.05) is 12.8 Å². The Kier molecular flexibility index (Phi) is 12.6. The summed E-state index contributed by atoms with van der Waals surface area (Å²) in [5.74, 6) is -1.00. The molecule has 29 heavy (non-hydrogen) atoms. The van der Waals surface area contributed by atoms with E-state index < -0.39 is 11.9 Å². The van der Waals surface area contributed by atoms with Gasteiger partial charge in [-0.15, -0.1) is 0 Å². The Morgan fingerprint density at radius 1 is 0.655 bits per heavy atom. The Labute approximate surface area is 174 Å². The number of carbonyl (C=O) groups excluding carboxylic acids is 2. The lowest BCUT2D eigenvalue weighted by Gasteiger charge is -2.26. The molecule has 8 nitrogen and oxygen atoms in total. The van der Waals surface area contributed by atoms with E-state index in [2.05, 4.69) is 9.80 Å². The third kappa shape index (κ3) is 12.0. The predicted molar refractivity (Wildman–Crippen MR) is 109 cm³/mol. The van der Waals surface area contributed by atoms with Crippen molar-refractivity contribution in [2.45, 2.75) is 32.1 Å². The minimum Gasteiger partial charge on any atom is -0.463 e. The number of rotatable bonds is 13. The Balaban J connectivity index is 1.38. The first-order valence-corrected chi connectivity index (χ1v) is 10.9. The number of hydrogen-bond acceptors (Lipinski definition) is 8. The van der Waals surface area contributed by atoms with Gasteiger partial charge in [0, 0.05) is 44.9 Å². The first-order chi connectivity index (χ1) is 14.2. The van der Waals surface area contributed by atoms with Crippen LogP contribution >= 0.6 is 0 Å². The van der Waals surface area contributed by atoms with Crippen LogP contribution in [0.1, 0.15) is 32.1 Å². The van der Waals surface area contributed by atoms with Gasteiger partial charge in [-0.05, 0) is 25.8 Å². The molecular weight excluding hydrogens is 376 g/mol.